The van der Waals surface area contributed by atoms with Crippen molar-refractivity contribution < 1.29 is 19.4 Å². The summed E-state index contributed by atoms with van der Waals surface area (Å²) in [5.74, 6) is -1.49. The first-order valence-corrected chi connectivity index (χ1v) is 5.03. The lowest BCUT2D eigenvalue weighted by molar-refractivity contribution is -0.143. The topological polar surface area (TPSA) is 88.5 Å². The largest absolute Gasteiger partial charge is 0.480 e. The molecule has 0 aromatic carbocycles. The molecule has 6 heteroatoms. The summed E-state index contributed by atoms with van der Waals surface area (Å²) in [6.07, 6.45) is 3.26. The maximum Gasteiger partial charge on any atom is 0.328 e. The molecule has 0 saturated carbocycles. The van der Waals surface area contributed by atoms with Gasteiger partial charge in [0.25, 0.3) is 0 Å². The molecular formula is C11H14N2O4. The normalized spacial score (nSPS) is 11.8. The minimum absolute atomic E-state index is 0.0614. The Morgan fingerprint density at radius 1 is 1.59 bits per heavy atom. The van der Waals surface area contributed by atoms with E-state index in [1.807, 2.05) is 0 Å². The number of aliphatic carboxylic acids is 1. The van der Waals surface area contributed by atoms with Gasteiger partial charge in [-0.2, -0.15) is 0 Å². The molecule has 1 atom stereocenters. The first-order valence-electron chi connectivity index (χ1n) is 5.03. The van der Waals surface area contributed by atoms with Gasteiger partial charge in [0.1, 0.15) is 0 Å². The van der Waals surface area contributed by atoms with Crippen LogP contribution >= 0.6 is 0 Å². The van der Waals surface area contributed by atoms with Crippen molar-refractivity contribution in [2.45, 2.75) is 12.5 Å². The van der Waals surface area contributed by atoms with Gasteiger partial charge in [0, 0.05) is 19.5 Å². The maximum absolute atomic E-state index is 11.5. The number of pyridine rings is 1. The lowest BCUT2D eigenvalue weighted by Crippen LogP contribution is -2.44. The Morgan fingerprint density at radius 3 is 2.88 bits per heavy atom. The Morgan fingerprint density at radius 2 is 2.35 bits per heavy atom. The SMILES string of the molecule is COCC(NC(=O)Cc1cccnc1)C(=O)O. The number of hydrogen-bond donors (Lipinski definition) is 2. The predicted molar refractivity (Wildman–Crippen MR) is 59.4 cm³/mol. The minimum atomic E-state index is -1.12. The summed E-state index contributed by atoms with van der Waals surface area (Å²) in [4.78, 5) is 26.2. The maximum atomic E-state index is 11.5. The second-order valence-electron chi connectivity index (χ2n) is 3.45. The van der Waals surface area contributed by atoms with Crippen LogP contribution in [0.15, 0.2) is 24.5 Å². The van der Waals surface area contributed by atoms with Crippen LogP contribution in [0.2, 0.25) is 0 Å². The van der Waals surface area contributed by atoms with E-state index in [1.54, 1.807) is 24.5 Å². The lowest BCUT2D eigenvalue weighted by atomic mass is 10.2. The van der Waals surface area contributed by atoms with E-state index in [0.717, 1.165) is 5.56 Å². The van der Waals surface area contributed by atoms with Gasteiger partial charge in [0.15, 0.2) is 6.04 Å². The number of carbonyl (C=O) groups is 2. The van der Waals surface area contributed by atoms with Crippen molar-refractivity contribution in [2.75, 3.05) is 13.7 Å². The number of rotatable bonds is 6. The molecule has 1 aromatic heterocycles. The third kappa shape index (κ3) is 4.60. The van der Waals surface area contributed by atoms with Gasteiger partial charge in [-0.15, -0.1) is 0 Å². The Bertz CT molecular complexity index is 380. The standard InChI is InChI=1S/C11H14N2O4/c1-17-7-9(11(15)16)13-10(14)5-8-3-2-4-12-6-8/h2-4,6,9H,5,7H2,1H3,(H,13,14)(H,15,16). The van der Waals surface area contributed by atoms with Crippen molar-refractivity contribution >= 4 is 11.9 Å². The average molecular weight is 238 g/mol. The molecule has 6 nitrogen and oxygen atoms in total. The van der Waals surface area contributed by atoms with E-state index >= 15 is 0 Å². The number of nitrogens with zero attached hydrogens (tertiary/aromatic N) is 1. The van der Waals surface area contributed by atoms with Crippen molar-refractivity contribution in [3.63, 3.8) is 0 Å². The number of methoxy groups -OCH3 is 1. The molecule has 0 bridgehead atoms. The van der Waals surface area contributed by atoms with E-state index in [1.165, 1.54) is 7.11 Å². The van der Waals surface area contributed by atoms with Crippen molar-refractivity contribution in [2.24, 2.45) is 0 Å². The molecule has 0 aliphatic heterocycles. The third-order valence-corrected chi connectivity index (χ3v) is 2.05. The fourth-order valence-corrected chi connectivity index (χ4v) is 1.27. The molecule has 17 heavy (non-hydrogen) atoms. The number of amides is 1. The summed E-state index contributed by atoms with van der Waals surface area (Å²) < 4.78 is 4.71. The van der Waals surface area contributed by atoms with Gasteiger partial charge in [-0.1, -0.05) is 6.07 Å². The third-order valence-electron chi connectivity index (χ3n) is 2.05. The Balaban J connectivity index is 2.51. The molecule has 0 aliphatic rings. The highest BCUT2D eigenvalue weighted by Gasteiger charge is 2.19. The first-order chi connectivity index (χ1) is 8.13. The fraction of sp³-hybridized carbons (Fsp3) is 0.364. The molecule has 0 saturated heterocycles. The van der Waals surface area contributed by atoms with Crippen LogP contribution in [-0.2, 0) is 20.7 Å². The van der Waals surface area contributed by atoms with Gasteiger partial charge in [-0.25, -0.2) is 4.79 Å². The highest BCUT2D eigenvalue weighted by atomic mass is 16.5. The fourth-order valence-electron chi connectivity index (χ4n) is 1.27. The summed E-state index contributed by atoms with van der Waals surface area (Å²) >= 11 is 0. The highest BCUT2D eigenvalue weighted by molar-refractivity contribution is 5.84. The number of nitrogens with one attached hydrogen (secondary N) is 1. The number of carboxylic acids is 1. The van der Waals surface area contributed by atoms with Gasteiger partial charge in [0.05, 0.1) is 13.0 Å². The predicted octanol–water partition coefficient (Wildman–Crippen LogP) is -0.160. The Kier molecular flexibility index (Phi) is 5.09. The molecule has 1 rings (SSSR count). The number of carbonyl (C=O) groups excluding carboxylic acids is 1. The molecule has 1 aromatic rings. The van der Waals surface area contributed by atoms with Crippen LogP contribution in [0.4, 0.5) is 0 Å². The second kappa shape index (κ2) is 6.59. The van der Waals surface area contributed by atoms with Crippen LogP contribution in [0.3, 0.4) is 0 Å². The van der Waals surface area contributed by atoms with Crippen LogP contribution in [0, 0.1) is 0 Å². The summed E-state index contributed by atoms with van der Waals surface area (Å²) in [5, 5.41) is 11.2. The van der Waals surface area contributed by atoms with Crippen LogP contribution in [0.1, 0.15) is 5.56 Å². The number of ether oxygens (including phenoxy) is 1. The first kappa shape index (κ1) is 13.1. The number of carboxylic acid groups (broad SMARTS) is 1. The molecule has 0 spiro atoms. The Hall–Kier alpha value is -1.95. The quantitative estimate of drug-likeness (QED) is 0.719. The van der Waals surface area contributed by atoms with Gasteiger partial charge < -0.3 is 15.2 Å². The van der Waals surface area contributed by atoms with E-state index in [0.29, 0.717) is 0 Å². The lowest BCUT2D eigenvalue weighted by Gasteiger charge is -2.13. The van der Waals surface area contributed by atoms with E-state index < -0.39 is 12.0 Å². The molecule has 92 valence electrons. The van der Waals surface area contributed by atoms with E-state index in [-0.39, 0.29) is 18.9 Å². The summed E-state index contributed by atoms with van der Waals surface area (Å²) in [5.41, 5.74) is 0.728. The van der Waals surface area contributed by atoms with E-state index in [2.05, 4.69) is 10.3 Å². The molecule has 2 N–H and O–H groups in total. The van der Waals surface area contributed by atoms with E-state index in [4.69, 9.17) is 9.84 Å². The minimum Gasteiger partial charge on any atom is -0.480 e. The smallest absolute Gasteiger partial charge is 0.328 e. The Labute approximate surface area is 98.6 Å². The zero-order chi connectivity index (χ0) is 12.7. The zero-order valence-electron chi connectivity index (χ0n) is 9.42. The molecule has 0 fully saturated rings. The van der Waals surface area contributed by atoms with Crippen molar-refractivity contribution in [3.05, 3.63) is 30.1 Å². The number of hydrogen-bond acceptors (Lipinski definition) is 4. The van der Waals surface area contributed by atoms with E-state index in [9.17, 15) is 9.59 Å². The monoisotopic (exact) mass is 238 g/mol. The van der Waals surface area contributed by atoms with Crippen LogP contribution in [0.5, 0.6) is 0 Å². The van der Waals surface area contributed by atoms with Gasteiger partial charge in [0.2, 0.25) is 5.91 Å². The van der Waals surface area contributed by atoms with Crippen LogP contribution in [-0.4, -0.2) is 41.7 Å². The molecule has 1 unspecified atom stereocenters. The van der Waals surface area contributed by atoms with Crippen molar-refractivity contribution in [1.29, 1.82) is 0 Å². The number of aromatic nitrogens is 1. The van der Waals surface area contributed by atoms with Crippen molar-refractivity contribution in [3.8, 4) is 0 Å². The highest BCUT2D eigenvalue weighted by Crippen LogP contribution is 1.97. The molecule has 0 aliphatic carbocycles. The molecular weight excluding hydrogens is 224 g/mol. The summed E-state index contributed by atoms with van der Waals surface area (Å²) in [6, 6.07) is 2.44. The average Bonchev–Trinajstić information content (AvgIpc) is 2.29. The molecule has 0 radical (unpaired) electrons. The van der Waals surface area contributed by atoms with Gasteiger partial charge in [-0.05, 0) is 11.6 Å². The van der Waals surface area contributed by atoms with Crippen LogP contribution in [0.25, 0.3) is 0 Å². The zero-order valence-corrected chi connectivity index (χ0v) is 9.42. The summed E-state index contributed by atoms with van der Waals surface area (Å²) in [7, 11) is 1.38. The molecule has 1 amide bonds. The van der Waals surface area contributed by atoms with Crippen LogP contribution < -0.4 is 5.32 Å². The second-order valence-corrected chi connectivity index (χ2v) is 3.45. The van der Waals surface area contributed by atoms with Gasteiger partial charge in [-0.3, -0.25) is 9.78 Å². The van der Waals surface area contributed by atoms with Gasteiger partial charge >= 0.3 is 5.97 Å². The molecule has 1 heterocycles. The van der Waals surface area contributed by atoms with Crippen molar-refractivity contribution in [1.82, 2.24) is 10.3 Å². The summed E-state index contributed by atoms with van der Waals surface area (Å²) in [6.45, 7) is -0.0614.